The summed E-state index contributed by atoms with van der Waals surface area (Å²) in [6, 6.07) is 12.2. The smallest absolute Gasteiger partial charge is 0.419 e. The van der Waals surface area contributed by atoms with Gasteiger partial charge in [0.15, 0.2) is 6.61 Å². The molecule has 0 saturated heterocycles. The summed E-state index contributed by atoms with van der Waals surface area (Å²) in [5.41, 5.74) is 0.362. The maximum atomic E-state index is 14.8. The summed E-state index contributed by atoms with van der Waals surface area (Å²) >= 11 is 8.88. The highest BCUT2D eigenvalue weighted by atomic mass is 35.5. The molecular formula is C28H21ClF5NO3S2. The zero-order valence-electron chi connectivity index (χ0n) is 21.0. The molecule has 0 aliphatic heterocycles. The van der Waals surface area contributed by atoms with Gasteiger partial charge in [0.25, 0.3) is 0 Å². The van der Waals surface area contributed by atoms with Gasteiger partial charge in [-0.25, -0.2) is 18.6 Å². The van der Waals surface area contributed by atoms with Crippen LogP contribution in [-0.2, 0) is 17.4 Å². The Hall–Kier alpha value is -3.15. The number of nitrogens with zero attached hydrogens (tertiary/aromatic N) is 1. The van der Waals surface area contributed by atoms with E-state index in [1.807, 2.05) is 0 Å². The first-order valence-corrected chi connectivity index (χ1v) is 13.8. The van der Waals surface area contributed by atoms with Gasteiger partial charge in [0.2, 0.25) is 0 Å². The minimum absolute atomic E-state index is 0.163. The highest BCUT2D eigenvalue weighted by Gasteiger charge is 2.34. The van der Waals surface area contributed by atoms with E-state index in [0.717, 1.165) is 11.0 Å². The molecule has 0 amide bonds. The number of carboxylic acids is 1. The molecule has 0 aliphatic rings. The number of thioether (sulfide) groups is 1. The second-order valence-electron chi connectivity index (χ2n) is 8.78. The molecule has 1 N–H and O–H groups in total. The third-order valence-electron chi connectivity index (χ3n) is 5.87. The molecule has 12 heteroatoms. The number of hydrogen-bond acceptors (Lipinski definition) is 5. The fourth-order valence-corrected chi connectivity index (χ4v) is 6.79. The lowest BCUT2D eigenvalue weighted by atomic mass is 10.1. The standard InChI is InChI=1S/C28H21ClF5NO3S2/c1-14-10-17(7-9-23(14)38-13-25(36)37)39-24(12-18-20(29)4-3-5-21(18)30)26-15(2)35-27(40-26)16-6-8-19(22(31)11-16)28(32,33)34/h3-11,24H,12-13H2,1-2H3,(H,36,37). The monoisotopic (exact) mass is 613 g/mol. The molecule has 0 bridgehead atoms. The zero-order valence-corrected chi connectivity index (χ0v) is 23.4. The van der Waals surface area contributed by atoms with Gasteiger partial charge in [-0.15, -0.1) is 23.1 Å². The summed E-state index contributed by atoms with van der Waals surface area (Å²) < 4.78 is 73.5. The van der Waals surface area contributed by atoms with Crippen molar-refractivity contribution in [2.75, 3.05) is 6.61 Å². The third-order valence-corrected chi connectivity index (χ3v) is 8.91. The Kier molecular flexibility index (Phi) is 9.06. The Balaban J connectivity index is 1.71. The lowest BCUT2D eigenvalue weighted by Gasteiger charge is -2.18. The molecule has 4 nitrogen and oxygen atoms in total. The molecule has 1 unspecified atom stereocenters. The predicted octanol–water partition coefficient (Wildman–Crippen LogP) is 8.92. The summed E-state index contributed by atoms with van der Waals surface area (Å²) in [6.45, 7) is 2.99. The summed E-state index contributed by atoms with van der Waals surface area (Å²) in [5, 5.41) is 9.01. The highest BCUT2D eigenvalue weighted by Crippen LogP contribution is 2.45. The van der Waals surface area contributed by atoms with Crippen molar-refractivity contribution in [3.05, 3.63) is 98.5 Å². The van der Waals surface area contributed by atoms with Crippen LogP contribution >= 0.6 is 34.7 Å². The van der Waals surface area contributed by atoms with Gasteiger partial charge in [-0.3, -0.25) is 0 Å². The number of aromatic nitrogens is 1. The summed E-state index contributed by atoms with van der Waals surface area (Å²) in [6.07, 6.45) is -4.66. The van der Waals surface area contributed by atoms with E-state index in [4.69, 9.17) is 21.4 Å². The van der Waals surface area contributed by atoms with Crippen LogP contribution < -0.4 is 4.74 Å². The van der Waals surface area contributed by atoms with Gasteiger partial charge >= 0.3 is 12.1 Å². The van der Waals surface area contributed by atoms with Crippen LogP contribution in [0.25, 0.3) is 10.6 Å². The fraction of sp³-hybridized carbons (Fsp3) is 0.214. The quantitative estimate of drug-likeness (QED) is 0.151. The van der Waals surface area contributed by atoms with E-state index in [-0.39, 0.29) is 22.6 Å². The van der Waals surface area contributed by atoms with Crippen LogP contribution in [0, 0.1) is 25.5 Å². The number of rotatable bonds is 9. The average Bonchev–Trinajstić information content (AvgIpc) is 3.25. The Morgan fingerprint density at radius 3 is 2.48 bits per heavy atom. The van der Waals surface area contributed by atoms with Crippen molar-refractivity contribution in [2.45, 2.75) is 36.6 Å². The Bertz CT molecular complexity index is 1540. The molecular weight excluding hydrogens is 593 g/mol. The van der Waals surface area contributed by atoms with Gasteiger partial charge in [-0.1, -0.05) is 23.7 Å². The second-order valence-corrected chi connectivity index (χ2v) is 11.5. The molecule has 210 valence electrons. The van der Waals surface area contributed by atoms with Gasteiger partial charge in [0, 0.05) is 31.2 Å². The van der Waals surface area contributed by atoms with Crippen molar-refractivity contribution in [1.29, 1.82) is 0 Å². The van der Waals surface area contributed by atoms with Crippen LogP contribution in [0.2, 0.25) is 5.02 Å². The summed E-state index contributed by atoms with van der Waals surface area (Å²) in [7, 11) is 0. The molecule has 4 rings (SSSR count). The number of aliphatic carboxylic acids is 1. The number of alkyl halides is 3. The first-order chi connectivity index (χ1) is 18.8. The molecule has 1 aromatic heterocycles. The molecule has 3 aromatic carbocycles. The van der Waals surface area contributed by atoms with E-state index >= 15 is 0 Å². The largest absolute Gasteiger partial charge is 0.482 e. The van der Waals surface area contributed by atoms with Crippen LogP contribution in [-0.4, -0.2) is 22.7 Å². The lowest BCUT2D eigenvalue weighted by Crippen LogP contribution is -2.10. The molecule has 0 saturated carbocycles. The maximum absolute atomic E-state index is 14.8. The zero-order chi connectivity index (χ0) is 29.2. The van der Waals surface area contributed by atoms with Crippen LogP contribution in [0.1, 0.15) is 32.5 Å². The summed E-state index contributed by atoms with van der Waals surface area (Å²) in [4.78, 5) is 16.8. The van der Waals surface area contributed by atoms with Crippen molar-refractivity contribution in [1.82, 2.24) is 4.98 Å². The van der Waals surface area contributed by atoms with Gasteiger partial charge in [-0.2, -0.15) is 13.2 Å². The number of aryl methyl sites for hydroxylation is 2. The molecule has 1 atom stereocenters. The minimum Gasteiger partial charge on any atom is -0.482 e. The van der Waals surface area contributed by atoms with Gasteiger partial charge in [-0.05, 0) is 68.3 Å². The average molecular weight is 614 g/mol. The van der Waals surface area contributed by atoms with Crippen LogP contribution in [0.5, 0.6) is 5.75 Å². The number of hydrogen-bond donors (Lipinski definition) is 1. The molecule has 1 heterocycles. The first kappa shape index (κ1) is 29.8. The van der Waals surface area contributed by atoms with E-state index in [0.29, 0.717) is 33.0 Å². The van der Waals surface area contributed by atoms with Crippen molar-refractivity contribution >= 4 is 40.7 Å². The van der Waals surface area contributed by atoms with Gasteiger partial charge in [0.1, 0.15) is 22.4 Å². The maximum Gasteiger partial charge on any atom is 0.419 e. The topological polar surface area (TPSA) is 59.4 Å². The van der Waals surface area contributed by atoms with E-state index in [2.05, 4.69) is 4.98 Å². The third kappa shape index (κ3) is 6.94. The van der Waals surface area contributed by atoms with E-state index < -0.39 is 41.2 Å². The van der Waals surface area contributed by atoms with Crippen molar-refractivity contribution in [3.63, 3.8) is 0 Å². The highest BCUT2D eigenvalue weighted by molar-refractivity contribution is 7.99. The number of ether oxygens (including phenoxy) is 1. The van der Waals surface area contributed by atoms with Crippen LogP contribution in [0.15, 0.2) is 59.5 Å². The van der Waals surface area contributed by atoms with E-state index in [1.54, 1.807) is 38.1 Å². The Labute approximate surface area is 239 Å². The van der Waals surface area contributed by atoms with Gasteiger partial charge in [0.05, 0.1) is 11.3 Å². The van der Waals surface area contributed by atoms with Crippen molar-refractivity contribution in [2.24, 2.45) is 0 Å². The number of benzene rings is 3. The molecule has 40 heavy (non-hydrogen) atoms. The first-order valence-electron chi connectivity index (χ1n) is 11.7. The SMILES string of the molecule is Cc1cc(SC(Cc2c(F)cccc2Cl)c2sc(-c3ccc(C(F)(F)F)c(F)c3)nc2C)ccc1OCC(=O)O. The Morgan fingerprint density at radius 2 is 1.85 bits per heavy atom. The normalized spacial score (nSPS) is 12.4. The van der Waals surface area contributed by atoms with Gasteiger partial charge < -0.3 is 9.84 Å². The number of thiazole rings is 1. The molecule has 0 aliphatic carbocycles. The van der Waals surface area contributed by atoms with Crippen molar-refractivity contribution < 1.29 is 36.6 Å². The number of halogens is 6. The second kappa shape index (κ2) is 12.2. The Morgan fingerprint density at radius 1 is 1.10 bits per heavy atom. The lowest BCUT2D eigenvalue weighted by molar-refractivity contribution is -0.140. The molecule has 4 aromatic rings. The van der Waals surface area contributed by atoms with Crippen LogP contribution in [0.4, 0.5) is 22.0 Å². The minimum atomic E-state index is -4.82. The fourth-order valence-electron chi connectivity index (χ4n) is 3.97. The number of carbonyl (C=O) groups is 1. The van der Waals surface area contributed by atoms with Crippen molar-refractivity contribution in [3.8, 4) is 16.3 Å². The summed E-state index contributed by atoms with van der Waals surface area (Å²) in [5.74, 6) is -2.59. The molecule has 0 spiro atoms. The number of carboxylic acid groups (broad SMARTS) is 1. The predicted molar refractivity (Wildman–Crippen MR) is 145 cm³/mol. The van der Waals surface area contributed by atoms with E-state index in [1.165, 1.54) is 41.3 Å². The molecule has 0 radical (unpaired) electrons. The molecule has 0 fully saturated rings. The van der Waals surface area contributed by atoms with Crippen LogP contribution in [0.3, 0.4) is 0 Å². The van der Waals surface area contributed by atoms with E-state index in [9.17, 15) is 26.7 Å².